The van der Waals surface area contributed by atoms with Gasteiger partial charge in [0.2, 0.25) is 0 Å². The molecule has 0 aromatic carbocycles. The molecule has 6 heteroatoms. The van der Waals surface area contributed by atoms with Crippen molar-refractivity contribution >= 4 is 40.4 Å². The first kappa shape index (κ1) is 113. The standard InChI is InChI=1S/Al.Li.Mg.3O/q+3;+1;+2;3*-2. The zero-order valence-electron chi connectivity index (χ0n) is 3.51. The van der Waals surface area contributed by atoms with Gasteiger partial charge in [-0.25, -0.2) is 0 Å². The molecule has 0 N–H and O–H groups in total. The van der Waals surface area contributed by atoms with E-state index in [0.717, 1.165) is 0 Å². The van der Waals surface area contributed by atoms with Crippen molar-refractivity contribution in [2.24, 2.45) is 0 Å². The second-order valence-corrected chi connectivity index (χ2v) is 0. The molecular formula is AlLiMgO3. The minimum Gasteiger partial charge on any atom is -2.00 e. The Morgan fingerprint density at radius 3 is 0.667 bits per heavy atom. The third-order valence-electron chi connectivity index (χ3n) is 0. The Morgan fingerprint density at radius 2 is 0.667 bits per heavy atom. The normalized spacial score (nSPS) is 0. The van der Waals surface area contributed by atoms with Gasteiger partial charge in [-0.15, -0.1) is 0 Å². The fourth-order valence-corrected chi connectivity index (χ4v) is 0. The number of hydrogen-bond acceptors (Lipinski definition) is 0. The molecule has 0 aromatic rings. The van der Waals surface area contributed by atoms with E-state index in [1.165, 1.54) is 0 Å². The summed E-state index contributed by atoms with van der Waals surface area (Å²) in [7, 11) is 0. The Bertz CT molecular complexity index is 10.8. The first-order valence-corrected chi connectivity index (χ1v) is 0. The Morgan fingerprint density at radius 1 is 0.667 bits per heavy atom. The molecule has 0 bridgehead atoms. The Labute approximate surface area is 75.3 Å². The van der Waals surface area contributed by atoms with Crippen LogP contribution in [0.15, 0.2) is 0 Å². The molecule has 0 fully saturated rings. The first-order chi connectivity index (χ1) is 0. The molecule has 0 atom stereocenters. The van der Waals surface area contributed by atoms with Crippen molar-refractivity contribution in [3.8, 4) is 0 Å². The van der Waals surface area contributed by atoms with Gasteiger partial charge in [-0.2, -0.15) is 0 Å². The number of hydrogen-bond donors (Lipinski definition) is 0. The maximum absolute atomic E-state index is 0. The van der Waals surface area contributed by atoms with Crippen molar-refractivity contribution in [1.29, 1.82) is 0 Å². The third kappa shape index (κ3) is 41.8. The summed E-state index contributed by atoms with van der Waals surface area (Å²) in [6.07, 6.45) is 0. The van der Waals surface area contributed by atoms with Crippen LogP contribution in [0.25, 0.3) is 0 Å². The second-order valence-electron chi connectivity index (χ2n) is 0. The van der Waals surface area contributed by atoms with Gasteiger partial charge >= 0.3 is 59.3 Å². The molecule has 0 rings (SSSR count). The SMILES string of the molecule is [Al+3].[Li+].[Mg+2].[O-2].[O-2].[O-2]. The van der Waals surface area contributed by atoms with Crippen molar-refractivity contribution in [1.82, 2.24) is 0 Å². The van der Waals surface area contributed by atoms with Crippen LogP contribution in [0.1, 0.15) is 0 Å². The predicted molar refractivity (Wildman–Crippen MR) is 13.6 cm³/mol. The fraction of sp³-hybridized carbons (Fsp3) is 0. The van der Waals surface area contributed by atoms with E-state index in [1.807, 2.05) is 0 Å². The Kier molecular flexibility index (Phi) is 1350. The van der Waals surface area contributed by atoms with Gasteiger partial charge in [0.1, 0.15) is 0 Å². The van der Waals surface area contributed by atoms with Crippen LogP contribution in [0.4, 0.5) is 0 Å². The summed E-state index contributed by atoms with van der Waals surface area (Å²) in [5, 5.41) is 0. The molecule has 0 aliphatic heterocycles. The zero-order chi connectivity index (χ0) is 0. The average molecular weight is 106 g/mol. The summed E-state index contributed by atoms with van der Waals surface area (Å²) in [5.41, 5.74) is 0. The minimum atomic E-state index is 0. The van der Waals surface area contributed by atoms with Gasteiger partial charge < -0.3 is 16.4 Å². The van der Waals surface area contributed by atoms with Gasteiger partial charge in [0.05, 0.1) is 0 Å². The summed E-state index contributed by atoms with van der Waals surface area (Å²) in [6.45, 7) is 0. The van der Waals surface area contributed by atoms with E-state index in [4.69, 9.17) is 0 Å². The van der Waals surface area contributed by atoms with E-state index < -0.39 is 0 Å². The summed E-state index contributed by atoms with van der Waals surface area (Å²) < 4.78 is 0. The Balaban J connectivity index is 0. The topological polar surface area (TPSA) is 85.5 Å². The molecule has 0 aliphatic carbocycles. The molecule has 24 valence electrons. The zero-order valence-corrected chi connectivity index (χ0v) is 6.08. The molecule has 0 unspecified atom stereocenters. The summed E-state index contributed by atoms with van der Waals surface area (Å²) in [4.78, 5) is 0. The maximum atomic E-state index is 0. The van der Waals surface area contributed by atoms with Crippen LogP contribution in [0.5, 0.6) is 0 Å². The van der Waals surface area contributed by atoms with E-state index in [1.54, 1.807) is 0 Å². The van der Waals surface area contributed by atoms with Crippen LogP contribution < -0.4 is 18.9 Å². The first-order valence-electron chi connectivity index (χ1n) is 0. The maximum Gasteiger partial charge on any atom is 3.00 e. The van der Waals surface area contributed by atoms with Gasteiger partial charge in [-0.05, 0) is 0 Å². The van der Waals surface area contributed by atoms with Crippen LogP contribution in [-0.2, 0) is 16.4 Å². The average Bonchev–Trinajstić information content (AvgIpc) is 0. The van der Waals surface area contributed by atoms with Crippen LogP contribution >= 0.6 is 0 Å². The van der Waals surface area contributed by atoms with E-state index in [9.17, 15) is 0 Å². The van der Waals surface area contributed by atoms with Gasteiger partial charge in [0.25, 0.3) is 0 Å². The van der Waals surface area contributed by atoms with Crippen molar-refractivity contribution < 1.29 is 35.3 Å². The van der Waals surface area contributed by atoms with Gasteiger partial charge in [-0.1, -0.05) is 0 Å². The van der Waals surface area contributed by atoms with E-state index in [2.05, 4.69) is 0 Å². The van der Waals surface area contributed by atoms with Gasteiger partial charge in [0, 0.05) is 0 Å². The third-order valence-corrected chi connectivity index (χ3v) is 0. The second kappa shape index (κ2) is 71.7. The molecule has 3 nitrogen and oxygen atoms in total. The molecule has 0 saturated heterocycles. The van der Waals surface area contributed by atoms with Crippen LogP contribution in [0.2, 0.25) is 0 Å². The smallest absolute Gasteiger partial charge is 2.00 e. The van der Waals surface area contributed by atoms with Crippen molar-refractivity contribution in [2.75, 3.05) is 0 Å². The van der Waals surface area contributed by atoms with Crippen molar-refractivity contribution in [3.05, 3.63) is 0 Å². The largest absolute Gasteiger partial charge is 3.00 e. The molecule has 0 amide bonds. The molecule has 0 aliphatic rings. The predicted octanol–water partition coefficient (Wildman–Crippen LogP) is -4.11. The van der Waals surface area contributed by atoms with E-state index in [-0.39, 0.29) is 75.7 Å². The molecule has 0 spiro atoms. The van der Waals surface area contributed by atoms with Crippen molar-refractivity contribution in [2.45, 2.75) is 0 Å². The van der Waals surface area contributed by atoms with Crippen LogP contribution in [-0.4, -0.2) is 40.4 Å². The summed E-state index contributed by atoms with van der Waals surface area (Å²) in [5.74, 6) is 0. The minimum absolute atomic E-state index is 0. The van der Waals surface area contributed by atoms with E-state index in [0.29, 0.717) is 0 Å². The molecule has 6 heavy (non-hydrogen) atoms. The Hall–Kier alpha value is 1.78. The van der Waals surface area contributed by atoms with E-state index >= 15 is 0 Å². The molecular weight excluding hydrogens is 106 g/mol. The van der Waals surface area contributed by atoms with Gasteiger partial charge in [-0.3, -0.25) is 0 Å². The summed E-state index contributed by atoms with van der Waals surface area (Å²) in [6, 6.07) is 0. The van der Waals surface area contributed by atoms with Gasteiger partial charge in [0.15, 0.2) is 0 Å². The molecule has 0 radical (unpaired) electrons. The fourth-order valence-electron chi connectivity index (χ4n) is 0. The van der Waals surface area contributed by atoms with Crippen LogP contribution in [0, 0.1) is 0 Å². The van der Waals surface area contributed by atoms with Crippen molar-refractivity contribution in [3.63, 3.8) is 0 Å². The summed E-state index contributed by atoms with van der Waals surface area (Å²) >= 11 is 0. The number of rotatable bonds is 0. The van der Waals surface area contributed by atoms with Crippen LogP contribution in [0.3, 0.4) is 0 Å². The molecule has 0 aromatic heterocycles. The monoisotopic (exact) mass is 106 g/mol. The molecule has 0 heterocycles. The molecule has 0 saturated carbocycles. The quantitative estimate of drug-likeness (QED) is 0.281.